The minimum Gasteiger partial charge on any atom is -0.481 e. The van der Waals surface area contributed by atoms with E-state index in [-0.39, 0.29) is 42.5 Å². The molecule has 0 spiro atoms. The van der Waals surface area contributed by atoms with Crippen molar-refractivity contribution in [2.75, 3.05) is 19.7 Å². The number of ketones is 1. The lowest BCUT2D eigenvalue weighted by molar-refractivity contribution is -0.145. The second-order valence-electron chi connectivity index (χ2n) is 16.6. The Morgan fingerprint density at radius 2 is 1.35 bits per heavy atom. The Bertz CT molecular complexity index is 2140. The van der Waals surface area contributed by atoms with E-state index < -0.39 is 152 Å². The molecule has 0 radical (unpaired) electrons. The summed E-state index contributed by atoms with van der Waals surface area (Å²) in [6.45, 7) is 10.8. The lowest BCUT2D eigenvalue weighted by atomic mass is 9.98. The third kappa shape index (κ3) is 18.4. The van der Waals surface area contributed by atoms with Crippen molar-refractivity contribution in [3.05, 3.63) is 46.5 Å². The van der Waals surface area contributed by atoms with Gasteiger partial charge < -0.3 is 51.8 Å². The molecule has 0 aliphatic carbocycles. The van der Waals surface area contributed by atoms with Crippen molar-refractivity contribution < 1.29 is 72.5 Å². The molecule has 1 aromatic rings. The molecule has 23 nitrogen and oxygen atoms in total. The lowest BCUT2D eigenvalue weighted by Gasteiger charge is -2.31. The summed E-state index contributed by atoms with van der Waals surface area (Å²) in [6.07, 6.45) is -0.581. The zero-order chi connectivity index (χ0) is 52.3. The predicted octanol–water partition coefficient (Wildman–Crippen LogP) is 0.826. The summed E-state index contributed by atoms with van der Waals surface area (Å²) < 4.78 is 4.80. The van der Waals surface area contributed by atoms with Gasteiger partial charge in [0.05, 0.1) is 22.6 Å². The number of amides is 9. The monoisotopic (exact) mass is 1010 g/mol. The number of imide groups is 1. The molecule has 1 fully saturated rings. The van der Waals surface area contributed by atoms with Crippen LogP contribution in [0.2, 0.25) is 10.0 Å². The number of carboxylic acids is 2. The van der Waals surface area contributed by atoms with Crippen LogP contribution in [-0.2, 0) is 64.0 Å². The van der Waals surface area contributed by atoms with Gasteiger partial charge in [0.2, 0.25) is 35.3 Å². The minimum atomic E-state index is -1.66. The molecule has 25 heteroatoms. The number of hydrogen-bond acceptors (Lipinski definition) is 13. The van der Waals surface area contributed by atoms with Crippen molar-refractivity contribution in [3.63, 3.8) is 0 Å². The second kappa shape index (κ2) is 28.0. The van der Waals surface area contributed by atoms with Crippen molar-refractivity contribution in [3.8, 4) is 0 Å². The molecule has 6 atom stereocenters. The van der Waals surface area contributed by atoms with Gasteiger partial charge in [-0.2, -0.15) is 0 Å². The molecule has 2 rings (SSSR count). The van der Waals surface area contributed by atoms with E-state index >= 15 is 0 Å². The van der Waals surface area contributed by atoms with Crippen LogP contribution >= 0.6 is 23.2 Å². The molecule has 0 bridgehead atoms. The highest BCUT2D eigenvalue weighted by atomic mass is 35.5. The summed E-state index contributed by atoms with van der Waals surface area (Å²) >= 11 is 12.3. The largest absolute Gasteiger partial charge is 0.481 e. The Kier molecular flexibility index (Phi) is 23.8. The topological polar surface area (TPSA) is 333 Å². The number of nitrogens with one attached hydrogen (secondary N) is 6. The predicted molar refractivity (Wildman–Crippen MR) is 246 cm³/mol. The fourth-order valence-electron chi connectivity index (χ4n) is 6.81. The van der Waals surface area contributed by atoms with E-state index in [0.29, 0.717) is 10.5 Å². The summed E-state index contributed by atoms with van der Waals surface area (Å²) in [5, 5.41) is 33.1. The number of carbonyl (C=O) groups is 12. The first-order valence-corrected chi connectivity index (χ1v) is 22.6. The minimum absolute atomic E-state index is 0.0745. The van der Waals surface area contributed by atoms with Gasteiger partial charge in [0.15, 0.2) is 0 Å². The Morgan fingerprint density at radius 3 is 1.87 bits per heavy atom. The number of esters is 1. The van der Waals surface area contributed by atoms with Gasteiger partial charge in [-0.25, -0.2) is 9.69 Å². The molecule has 0 saturated carbocycles. The molecule has 9 amide bonds. The molecule has 0 aromatic heterocycles. The number of carbonyl (C=O) groups excluding carboxylic acids is 10. The van der Waals surface area contributed by atoms with Crippen LogP contribution in [0.3, 0.4) is 0 Å². The zero-order valence-corrected chi connectivity index (χ0v) is 40.6. The van der Waals surface area contributed by atoms with Crippen molar-refractivity contribution in [2.24, 2.45) is 11.8 Å². The number of ether oxygens (including phenoxy) is 1. The molecule has 1 saturated heterocycles. The normalized spacial score (nSPS) is 15.4. The smallest absolute Gasteiger partial charge is 0.327 e. The number of hydrogen-bond donors (Lipinski definition) is 8. The lowest BCUT2D eigenvalue weighted by Crippen LogP contribution is -2.62. The van der Waals surface area contributed by atoms with Crippen LogP contribution in [0.15, 0.2) is 30.9 Å². The third-order valence-corrected chi connectivity index (χ3v) is 11.1. The van der Waals surface area contributed by atoms with Crippen LogP contribution in [0.1, 0.15) is 85.6 Å². The van der Waals surface area contributed by atoms with Gasteiger partial charge in [-0.15, -0.1) is 0 Å². The molecule has 1 aliphatic rings. The van der Waals surface area contributed by atoms with Gasteiger partial charge in [0.25, 0.3) is 11.8 Å². The van der Waals surface area contributed by atoms with Crippen LogP contribution in [0.25, 0.3) is 0 Å². The number of aliphatic carboxylic acids is 2. The van der Waals surface area contributed by atoms with Gasteiger partial charge in [-0.3, -0.25) is 52.7 Å². The zero-order valence-electron chi connectivity index (χ0n) is 39.1. The number of urea groups is 1. The number of benzene rings is 1. The second-order valence-corrected chi connectivity index (χ2v) is 17.5. The van der Waals surface area contributed by atoms with Gasteiger partial charge in [-0.1, -0.05) is 83.0 Å². The van der Waals surface area contributed by atoms with E-state index in [0.717, 1.165) is 11.8 Å². The molecule has 1 aromatic carbocycles. The van der Waals surface area contributed by atoms with Crippen LogP contribution < -0.4 is 31.9 Å². The maximum absolute atomic E-state index is 14.7. The first kappa shape index (κ1) is 58.5. The van der Waals surface area contributed by atoms with Crippen LogP contribution in [-0.4, -0.2) is 147 Å². The molecule has 8 N–H and O–H groups in total. The number of Topliss-reactive ketones (excluding diaryl/α,β-unsaturated/α-hetero) is 1. The Labute approximate surface area is 408 Å². The maximum Gasteiger partial charge on any atom is 0.327 e. The first-order chi connectivity index (χ1) is 32.3. The van der Waals surface area contributed by atoms with Crippen LogP contribution in [0, 0.1) is 11.8 Å². The number of halogens is 2. The quantitative estimate of drug-likeness (QED) is 0.0327. The van der Waals surface area contributed by atoms with Crippen LogP contribution in [0.5, 0.6) is 0 Å². The number of rotatable bonds is 28. The molecule has 1 heterocycles. The van der Waals surface area contributed by atoms with E-state index in [2.05, 4.69) is 38.5 Å². The summed E-state index contributed by atoms with van der Waals surface area (Å²) in [4.78, 5) is 159. The van der Waals surface area contributed by atoms with Gasteiger partial charge in [0.1, 0.15) is 43.4 Å². The van der Waals surface area contributed by atoms with E-state index in [1.54, 1.807) is 13.0 Å². The first-order valence-electron chi connectivity index (χ1n) is 21.9. The molecule has 69 heavy (non-hydrogen) atoms. The fourth-order valence-corrected chi connectivity index (χ4v) is 7.13. The standard InChI is InChI=1S/C44H60Cl2N8O15/c1-8-10-28(37(61)42(66)47-19-34(60)69-17-9-2)49-40(64)31-21-53(20-25-11-12-26(45)27(46)18-25)44(68)54(31)43(67)36(23(5)6)52-41(65)35(22(3)4)51-39(63)30(14-16-33(58)59)50-38(62)29(48-24(7)55)13-15-32(56)57/h9,11-12,18,22-23,28-31,35-36H,2,8,10,13-17,19-21H2,1,3-7H3,(H,47,66)(H,48,55)(H,49,64)(H,50,62)(H,51,63)(H,52,65)(H,56,57)(H,58,59)/t28?,29-,30-,31-,35-,36-/m0/s1. The summed E-state index contributed by atoms with van der Waals surface area (Å²) in [6, 6.07) is -5.75. The Balaban J connectivity index is 2.50. The highest BCUT2D eigenvalue weighted by Crippen LogP contribution is 2.27. The maximum atomic E-state index is 14.7. The van der Waals surface area contributed by atoms with E-state index in [4.69, 9.17) is 33.0 Å². The van der Waals surface area contributed by atoms with Gasteiger partial charge in [-0.05, 0) is 48.8 Å². The van der Waals surface area contributed by atoms with Crippen LogP contribution in [0.4, 0.5) is 4.79 Å². The third-order valence-electron chi connectivity index (χ3n) is 10.4. The fraction of sp³-hybridized carbons (Fsp3) is 0.545. The van der Waals surface area contributed by atoms with E-state index in [9.17, 15) is 62.6 Å². The average molecular weight is 1010 g/mol. The number of nitrogens with zero attached hydrogens (tertiary/aromatic N) is 2. The summed E-state index contributed by atoms with van der Waals surface area (Å²) in [5.41, 5.74) is 0.446. The molecule has 1 aliphatic heterocycles. The Hall–Kier alpha value is -6.62. The summed E-state index contributed by atoms with van der Waals surface area (Å²) in [7, 11) is 0. The van der Waals surface area contributed by atoms with E-state index in [1.807, 2.05) is 0 Å². The average Bonchev–Trinajstić information content (AvgIpc) is 3.60. The molecular formula is C44H60Cl2N8O15. The van der Waals surface area contributed by atoms with Crippen molar-refractivity contribution in [1.82, 2.24) is 41.7 Å². The number of carboxylic acid groups (broad SMARTS) is 2. The van der Waals surface area contributed by atoms with Gasteiger partial charge in [0, 0.05) is 26.3 Å². The van der Waals surface area contributed by atoms with Crippen molar-refractivity contribution >= 4 is 94.3 Å². The highest BCUT2D eigenvalue weighted by molar-refractivity contribution is 6.42. The molecular weight excluding hydrogens is 951 g/mol. The van der Waals surface area contributed by atoms with Crippen molar-refractivity contribution in [2.45, 2.75) is 123 Å². The SMILES string of the molecule is C=CCOC(=O)CNC(=O)C(=O)C(CCC)NC(=O)[C@@H]1CN(Cc2ccc(Cl)c(Cl)c2)C(=O)N1C(=O)[C@@H](NC(=O)[C@@H](NC(=O)[C@H](CCC(=O)O)NC(=O)[C@H](CCC(=O)O)NC(C)=O)C(C)C)C(C)C. The van der Waals surface area contributed by atoms with Gasteiger partial charge >= 0.3 is 23.9 Å². The Morgan fingerprint density at radius 1 is 0.783 bits per heavy atom. The molecule has 380 valence electrons. The summed E-state index contributed by atoms with van der Waals surface area (Å²) in [5.74, 6) is -13.3. The van der Waals surface area contributed by atoms with E-state index in [1.165, 1.54) is 45.9 Å². The van der Waals surface area contributed by atoms with Crippen molar-refractivity contribution in [1.29, 1.82) is 0 Å². The molecule has 1 unspecified atom stereocenters. The highest BCUT2D eigenvalue weighted by Gasteiger charge is 2.49.